The Kier molecular flexibility index (Phi) is 7.24. The Morgan fingerprint density at radius 3 is 2.29 bits per heavy atom. The summed E-state index contributed by atoms with van der Waals surface area (Å²) in [6.07, 6.45) is 1.57. The first-order chi connectivity index (χ1) is 8.30. The average molecular weight is 303 g/mol. The second kappa shape index (κ2) is 8.50. The van der Waals surface area contributed by atoms with Crippen molar-refractivity contribution in [2.45, 2.75) is 19.1 Å². The fourth-order valence-corrected chi connectivity index (χ4v) is 1.65. The highest BCUT2D eigenvalue weighted by molar-refractivity contribution is 9.09. The zero-order chi connectivity index (χ0) is 12.5. The van der Waals surface area contributed by atoms with E-state index in [4.69, 9.17) is 14.2 Å². The number of hydrogen-bond donors (Lipinski definition) is 0. The maximum absolute atomic E-state index is 5.57. The molecule has 0 bridgehead atoms. The van der Waals surface area contributed by atoms with E-state index in [0.717, 1.165) is 30.5 Å². The van der Waals surface area contributed by atoms with Crippen LogP contribution in [0.25, 0.3) is 0 Å². The molecule has 17 heavy (non-hydrogen) atoms. The standard InChI is InChI=1S/C13H19BrO3/c1-15-13(16-2)10-11-4-6-12(7-5-11)17-9-3-8-14/h4-7,13H,3,8-10H2,1-2H3. The number of halogens is 1. The summed E-state index contributed by atoms with van der Waals surface area (Å²) >= 11 is 3.37. The van der Waals surface area contributed by atoms with Crippen molar-refractivity contribution in [2.24, 2.45) is 0 Å². The lowest BCUT2D eigenvalue weighted by molar-refractivity contribution is -0.100. The Labute approximate surface area is 111 Å². The van der Waals surface area contributed by atoms with Crippen LogP contribution >= 0.6 is 15.9 Å². The van der Waals surface area contributed by atoms with Gasteiger partial charge in [-0.05, 0) is 24.1 Å². The van der Waals surface area contributed by atoms with Gasteiger partial charge in [-0.2, -0.15) is 0 Å². The van der Waals surface area contributed by atoms with Crippen LogP contribution in [0.3, 0.4) is 0 Å². The van der Waals surface area contributed by atoms with Crippen molar-refractivity contribution in [3.63, 3.8) is 0 Å². The molecule has 1 rings (SSSR count). The van der Waals surface area contributed by atoms with Gasteiger partial charge in [-0.3, -0.25) is 0 Å². The molecule has 0 heterocycles. The maximum atomic E-state index is 5.57. The van der Waals surface area contributed by atoms with Gasteiger partial charge in [0, 0.05) is 26.0 Å². The zero-order valence-electron chi connectivity index (χ0n) is 10.3. The maximum Gasteiger partial charge on any atom is 0.160 e. The predicted molar refractivity (Wildman–Crippen MR) is 71.9 cm³/mol. The zero-order valence-corrected chi connectivity index (χ0v) is 11.9. The van der Waals surface area contributed by atoms with E-state index < -0.39 is 0 Å². The summed E-state index contributed by atoms with van der Waals surface area (Å²) in [5.41, 5.74) is 1.17. The molecule has 0 aliphatic heterocycles. The Balaban J connectivity index is 2.44. The molecule has 0 aromatic heterocycles. The Morgan fingerprint density at radius 2 is 1.76 bits per heavy atom. The van der Waals surface area contributed by atoms with Gasteiger partial charge in [0.05, 0.1) is 6.61 Å². The highest BCUT2D eigenvalue weighted by Gasteiger charge is 2.06. The van der Waals surface area contributed by atoms with Gasteiger partial charge in [0.2, 0.25) is 0 Å². The summed E-state index contributed by atoms with van der Waals surface area (Å²) in [5.74, 6) is 0.904. The Bertz CT molecular complexity index is 296. The van der Waals surface area contributed by atoms with Gasteiger partial charge in [0.15, 0.2) is 6.29 Å². The van der Waals surface area contributed by atoms with E-state index in [9.17, 15) is 0 Å². The fourth-order valence-electron chi connectivity index (χ4n) is 1.42. The molecule has 0 fully saturated rings. The fraction of sp³-hybridized carbons (Fsp3) is 0.538. The van der Waals surface area contributed by atoms with Crippen molar-refractivity contribution < 1.29 is 14.2 Å². The van der Waals surface area contributed by atoms with E-state index in [1.165, 1.54) is 5.56 Å². The first kappa shape index (κ1) is 14.5. The van der Waals surface area contributed by atoms with Crippen molar-refractivity contribution >= 4 is 15.9 Å². The van der Waals surface area contributed by atoms with Gasteiger partial charge in [0.1, 0.15) is 5.75 Å². The largest absolute Gasteiger partial charge is 0.494 e. The summed E-state index contributed by atoms with van der Waals surface area (Å²) in [5, 5.41) is 0.967. The van der Waals surface area contributed by atoms with Gasteiger partial charge in [-0.15, -0.1) is 0 Å². The minimum absolute atomic E-state index is 0.185. The number of rotatable bonds is 8. The molecule has 0 N–H and O–H groups in total. The molecule has 96 valence electrons. The van der Waals surface area contributed by atoms with E-state index >= 15 is 0 Å². The van der Waals surface area contributed by atoms with E-state index in [1.807, 2.05) is 24.3 Å². The molecule has 0 aliphatic rings. The third-order valence-electron chi connectivity index (χ3n) is 2.40. The molecular formula is C13H19BrO3. The lowest BCUT2D eigenvalue weighted by Crippen LogP contribution is -2.15. The van der Waals surface area contributed by atoms with Crippen LogP contribution in [0.1, 0.15) is 12.0 Å². The van der Waals surface area contributed by atoms with E-state index in [2.05, 4.69) is 15.9 Å². The van der Waals surface area contributed by atoms with Crippen molar-refractivity contribution in [3.8, 4) is 5.75 Å². The number of alkyl halides is 1. The lowest BCUT2D eigenvalue weighted by Gasteiger charge is -2.13. The van der Waals surface area contributed by atoms with Crippen LogP contribution in [-0.4, -0.2) is 32.4 Å². The molecule has 0 spiro atoms. The van der Waals surface area contributed by atoms with E-state index in [0.29, 0.717) is 0 Å². The number of ether oxygens (including phenoxy) is 3. The number of hydrogen-bond acceptors (Lipinski definition) is 3. The summed E-state index contributed by atoms with van der Waals surface area (Å²) in [6, 6.07) is 8.03. The highest BCUT2D eigenvalue weighted by Crippen LogP contribution is 2.14. The lowest BCUT2D eigenvalue weighted by atomic mass is 10.1. The van der Waals surface area contributed by atoms with Gasteiger partial charge in [0.25, 0.3) is 0 Å². The predicted octanol–water partition coefficient (Wildman–Crippen LogP) is 3.01. The molecule has 3 nitrogen and oxygen atoms in total. The van der Waals surface area contributed by atoms with Gasteiger partial charge in [-0.1, -0.05) is 28.1 Å². The van der Waals surface area contributed by atoms with Crippen LogP contribution in [0.2, 0.25) is 0 Å². The first-order valence-electron chi connectivity index (χ1n) is 5.63. The first-order valence-corrected chi connectivity index (χ1v) is 6.75. The third-order valence-corrected chi connectivity index (χ3v) is 2.96. The molecule has 1 aromatic carbocycles. The molecule has 0 saturated heterocycles. The van der Waals surface area contributed by atoms with Crippen LogP contribution in [0.4, 0.5) is 0 Å². The van der Waals surface area contributed by atoms with Gasteiger partial charge >= 0.3 is 0 Å². The molecular weight excluding hydrogens is 284 g/mol. The quantitative estimate of drug-likeness (QED) is 0.420. The molecule has 0 saturated carbocycles. The molecule has 4 heteroatoms. The average Bonchev–Trinajstić information content (AvgIpc) is 2.38. The van der Waals surface area contributed by atoms with Crippen molar-refractivity contribution in [1.29, 1.82) is 0 Å². The second-order valence-corrected chi connectivity index (χ2v) is 4.43. The smallest absolute Gasteiger partial charge is 0.160 e. The van der Waals surface area contributed by atoms with Crippen LogP contribution in [0, 0.1) is 0 Å². The SMILES string of the molecule is COC(Cc1ccc(OCCCBr)cc1)OC. The minimum Gasteiger partial charge on any atom is -0.494 e. The van der Waals surface area contributed by atoms with Crippen LogP contribution in [0.5, 0.6) is 5.75 Å². The Hall–Kier alpha value is -0.580. The topological polar surface area (TPSA) is 27.7 Å². The monoisotopic (exact) mass is 302 g/mol. The highest BCUT2D eigenvalue weighted by atomic mass is 79.9. The molecule has 0 aliphatic carbocycles. The number of methoxy groups -OCH3 is 2. The van der Waals surface area contributed by atoms with Gasteiger partial charge in [-0.25, -0.2) is 0 Å². The molecule has 0 radical (unpaired) electrons. The molecule has 0 amide bonds. The summed E-state index contributed by atoms with van der Waals surface area (Å²) in [4.78, 5) is 0. The second-order valence-electron chi connectivity index (χ2n) is 3.64. The summed E-state index contributed by atoms with van der Waals surface area (Å²) < 4.78 is 15.9. The Morgan fingerprint density at radius 1 is 1.12 bits per heavy atom. The number of benzene rings is 1. The summed E-state index contributed by atoms with van der Waals surface area (Å²) in [7, 11) is 3.29. The van der Waals surface area contributed by atoms with Crippen molar-refractivity contribution in [2.75, 3.05) is 26.2 Å². The normalized spacial score (nSPS) is 10.8. The van der Waals surface area contributed by atoms with Crippen LogP contribution < -0.4 is 4.74 Å². The van der Waals surface area contributed by atoms with Crippen molar-refractivity contribution in [1.82, 2.24) is 0 Å². The van der Waals surface area contributed by atoms with Crippen LogP contribution in [-0.2, 0) is 15.9 Å². The van der Waals surface area contributed by atoms with Crippen molar-refractivity contribution in [3.05, 3.63) is 29.8 Å². The molecule has 1 aromatic rings. The molecule has 0 unspecified atom stereocenters. The third kappa shape index (κ3) is 5.52. The van der Waals surface area contributed by atoms with Gasteiger partial charge < -0.3 is 14.2 Å². The minimum atomic E-state index is -0.185. The molecule has 0 atom stereocenters. The van der Waals surface area contributed by atoms with E-state index in [1.54, 1.807) is 14.2 Å². The summed E-state index contributed by atoms with van der Waals surface area (Å²) in [6.45, 7) is 0.739. The van der Waals surface area contributed by atoms with E-state index in [-0.39, 0.29) is 6.29 Å². The van der Waals surface area contributed by atoms with Crippen LogP contribution in [0.15, 0.2) is 24.3 Å².